The summed E-state index contributed by atoms with van der Waals surface area (Å²) in [7, 11) is 0. The molecule has 0 spiro atoms. The van der Waals surface area contributed by atoms with Crippen LogP contribution in [-0.4, -0.2) is 34.1 Å². The lowest BCUT2D eigenvalue weighted by Gasteiger charge is -2.18. The van der Waals surface area contributed by atoms with Crippen LogP contribution in [-0.2, 0) is 6.54 Å². The Bertz CT molecular complexity index is 1010. The smallest absolute Gasteiger partial charge is 0.263 e. The van der Waals surface area contributed by atoms with Crippen LogP contribution in [0.25, 0.3) is 10.2 Å². The third kappa shape index (κ3) is 5.03. The van der Waals surface area contributed by atoms with Crippen LogP contribution in [0.5, 0.6) is 0 Å². The van der Waals surface area contributed by atoms with E-state index in [4.69, 9.17) is 4.99 Å². The summed E-state index contributed by atoms with van der Waals surface area (Å²) in [6.07, 6.45) is 1.72. The van der Waals surface area contributed by atoms with Crippen molar-refractivity contribution in [3.8, 4) is 0 Å². The Labute approximate surface area is 169 Å². The molecule has 0 amide bonds. The van der Waals surface area contributed by atoms with Crippen LogP contribution < -0.4 is 10.4 Å². The number of pyridine rings is 1. The standard InChI is InChI=1S/C20H24N4OS.ClH/c1-4-23(5-2)13-14-24-19(25)17-7-6-12-21-18(17)26-20(24)22-16-10-8-15(3)9-11-16;/h6-12H,4-5,13-14H2,1-3H3;1H/b22-20-;. The number of aryl methyl sites for hydroxylation is 1. The second-order valence-electron chi connectivity index (χ2n) is 6.17. The molecule has 27 heavy (non-hydrogen) atoms. The minimum atomic E-state index is -0.0233. The number of benzene rings is 1. The molecule has 3 aromatic rings. The predicted octanol–water partition coefficient (Wildman–Crippen LogP) is 3.76. The molecule has 0 fully saturated rings. The van der Waals surface area contributed by atoms with E-state index in [2.05, 4.69) is 23.7 Å². The van der Waals surface area contributed by atoms with E-state index in [9.17, 15) is 4.79 Å². The van der Waals surface area contributed by atoms with Gasteiger partial charge in [-0.3, -0.25) is 9.36 Å². The zero-order valence-corrected chi connectivity index (χ0v) is 17.5. The Balaban J connectivity index is 0.00000261. The van der Waals surface area contributed by atoms with E-state index in [1.54, 1.807) is 10.8 Å². The number of hydrogen-bond donors (Lipinski definition) is 0. The molecule has 0 unspecified atom stereocenters. The first-order valence-corrected chi connectivity index (χ1v) is 9.76. The number of halogens is 1. The van der Waals surface area contributed by atoms with Crippen molar-refractivity contribution in [3.05, 3.63) is 63.3 Å². The van der Waals surface area contributed by atoms with Gasteiger partial charge in [0.2, 0.25) is 0 Å². The summed E-state index contributed by atoms with van der Waals surface area (Å²) in [4.78, 5) is 25.9. The van der Waals surface area contributed by atoms with E-state index < -0.39 is 0 Å². The lowest BCUT2D eigenvalue weighted by Crippen LogP contribution is -2.37. The van der Waals surface area contributed by atoms with Crippen molar-refractivity contribution >= 4 is 39.6 Å². The maximum Gasteiger partial charge on any atom is 0.263 e. The second kappa shape index (κ2) is 9.78. The third-order valence-corrected chi connectivity index (χ3v) is 5.47. The molecule has 0 saturated heterocycles. The highest BCUT2D eigenvalue weighted by atomic mass is 35.5. The molecular weight excluding hydrogens is 380 g/mol. The van der Waals surface area contributed by atoms with Crippen molar-refractivity contribution < 1.29 is 0 Å². The van der Waals surface area contributed by atoms with Crippen LogP contribution in [0.2, 0.25) is 0 Å². The van der Waals surface area contributed by atoms with Gasteiger partial charge in [-0.25, -0.2) is 9.98 Å². The Kier molecular flexibility index (Phi) is 7.71. The number of likely N-dealkylation sites (N-methyl/N-ethyl adjacent to an activating group) is 1. The van der Waals surface area contributed by atoms with Crippen LogP contribution in [0.1, 0.15) is 19.4 Å². The van der Waals surface area contributed by atoms with E-state index in [-0.39, 0.29) is 18.0 Å². The van der Waals surface area contributed by atoms with Crippen LogP contribution >= 0.6 is 23.7 Å². The maximum absolute atomic E-state index is 13.0. The van der Waals surface area contributed by atoms with Gasteiger partial charge in [0.15, 0.2) is 4.80 Å². The Morgan fingerprint density at radius 1 is 1.15 bits per heavy atom. The Morgan fingerprint density at radius 2 is 1.85 bits per heavy atom. The molecular formula is C20H25ClN4OS. The number of fused-ring (bicyclic) bond motifs is 1. The summed E-state index contributed by atoms with van der Waals surface area (Å²) in [5.74, 6) is 0. The van der Waals surface area contributed by atoms with E-state index in [1.165, 1.54) is 16.9 Å². The molecule has 3 rings (SSSR count). The topological polar surface area (TPSA) is 50.5 Å². The minimum absolute atomic E-state index is 0. The van der Waals surface area contributed by atoms with Gasteiger partial charge in [0, 0.05) is 19.3 Å². The molecule has 0 radical (unpaired) electrons. The van der Waals surface area contributed by atoms with Gasteiger partial charge in [-0.15, -0.1) is 12.4 Å². The molecule has 5 nitrogen and oxygen atoms in total. The summed E-state index contributed by atoms with van der Waals surface area (Å²) in [6.45, 7) is 9.69. The molecule has 2 aromatic heterocycles. The van der Waals surface area contributed by atoms with Crippen LogP contribution in [0.15, 0.2) is 52.4 Å². The lowest BCUT2D eigenvalue weighted by atomic mass is 10.2. The molecule has 144 valence electrons. The molecule has 0 aliphatic rings. The highest BCUT2D eigenvalue weighted by Gasteiger charge is 2.09. The SMILES string of the molecule is CCN(CC)CCn1c(=O)c2cccnc2s/c1=N\c1ccc(C)cc1.Cl. The first-order chi connectivity index (χ1) is 12.6. The summed E-state index contributed by atoms with van der Waals surface area (Å²) in [6, 6.07) is 11.7. The maximum atomic E-state index is 13.0. The van der Waals surface area contributed by atoms with Gasteiger partial charge < -0.3 is 4.90 Å². The lowest BCUT2D eigenvalue weighted by molar-refractivity contribution is 0.288. The van der Waals surface area contributed by atoms with E-state index in [1.807, 2.05) is 43.3 Å². The zero-order valence-electron chi connectivity index (χ0n) is 15.9. The zero-order chi connectivity index (χ0) is 18.5. The number of hydrogen-bond acceptors (Lipinski definition) is 5. The summed E-state index contributed by atoms with van der Waals surface area (Å²) >= 11 is 1.46. The van der Waals surface area contributed by atoms with Gasteiger partial charge in [-0.05, 0) is 44.3 Å². The first-order valence-electron chi connectivity index (χ1n) is 8.94. The van der Waals surface area contributed by atoms with Gasteiger partial charge >= 0.3 is 0 Å². The molecule has 0 saturated carbocycles. The van der Waals surface area contributed by atoms with Gasteiger partial charge in [0.1, 0.15) is 4.83 Å². The quantitative estimate of drug-likeness (QED) is 0.628. The Morgan fingerprint density at radius 3 is 2.52 bits per heavy atom. The normalized spacial score (nSPS) is 11.8. The van der Waals surface area contributed by atoms with Crippen LogP contribution in [0, 0.1) is 6.92 Å². The number of nitrogens with zero attached hydrogens (tertiary/aromatic N) is 4. The molecule has 0 aliphatic heterocycles. The highest BCUT2D eigenvalue weighted by Crippen LogP contribution is 2.13. The summed E-state index contributed by atoms with van der Waals surface area (Å²) in [5.41, 5.74) is 2.01. The number of rotatable bonds is 6. The number of aromatic nitrogens is 2. The Hall–Kier alpha value is -2.02. The van der Waals surface area contributed by atoms with Crippen molar-refractivity contribution in [2.75, 3.05) is 19.6 Å². The van der Waals surface area contributed by atoms with Crippen molar-refractivity contribution in [3.63, 3.8) is 0 Å². The van der Waals surface area contributed by atoms with Crippen molar-refractivity contribution in [1.82, 2.24) is 14.5 Å². The third-order valence-electron chi connectivity index (χ3n) is 4.46. The van der Waals surface area contributed by atoms with Gasteiger partial charge in [0.25, 0.3) is 5.56 Å². The first kappa shape index (κ1) is 21.3. The molecule has 0 N–H and O–H groups in total. The van der Waals surface area contributed by atoms with Crippen LogP contribution in [0.3, 0.4) is 0 Å². The fraction of sp³-hybridized carbons (Fsp3) is 0.350. The van der Waals surface area contributed by atoms with Gasteiger partial charge in [-0.2, -0.15) is 0 Å². The van der Waals surface area contributed by atoms with Gasteiger partial charge in [-0.1, -0.05) is 42.9 Å². The van der Waals surface area contributed by atoms with E-state index >= 15 is 0 Å². The van der Waals surface area contributed by atoms with Crippen LogP contribution in [0.4, 0.5) is 5.69 Å². The van der Waals surface area contributed by atoms with E-state index in [0.717, 1.165) is 30.2 Å². The molecule has 0 bridgehead atoms. The van der Waals surface area contributed by atoms with Crippen molar-refractivity contribution in [2.24, 2.45) is 4.99 Å². The summed E-state index contributed by atoms with van der Waals surface area (Å²) < 4.78 is 1.78. The largest absolute Gasteiger partial charge is 0.302 e. The highest BCUT2D eigenvalue weighted by molar-refractivity contribution is 7.15. The average molecular weight is 405 g/mol. The second-order valence-corrected chi connectivity index (χ2v) is 7.13. The fourth-order valence-corrected chi connectivity index (χ4v) is 3.79. The molecule has 0 atom stereocenters. The molecule has 7 heteroatoms. The van der Waals surface area contributed by atoms with Crippen molar-refractivity contribution in [2.45, 2.75) is 27.3 Å². The predicted molar refractivity (Wildman–Crippen MR) is 115 cm³/mol. The minimum Gasteiger partial charge on any atom is -0.302 e. The molecule has 2 heterocycles. The fourth-order valence-electron chi connectivity index (χ4n) is 2.80. The average Bonchev–Trinajstić information content (AvgIpc) is 2.66. The molecule has 1 aromatic carbocycles. The van der Waals surface area contributed by atoms with Gasteiger partial charge in [0.05, 0.1) is 11.1 Å². The van der Waals surface area contributed by atoms with Crippen molar-refractivity contribution in [1.29, 1.82) is 0 Å². The molecule has 0 aliphatic carbocycles. The van der Waals surface area contributed by atoms with E-state index in [0.29, 0.717) is 16.7 Å². The monoisotopic (exact) mass is 404 g/mol. The summed E-state index contributed by atoms with van der Waals surface area (Å²) in [5, 5.41) is 0.653.